The summed E-state index contributed by atoms with van der Waals surface area (Å²) >= 11 is 1.39. The molecule has 0 aliphatic carbocycles. The zero-order valence-electron chi connectivity index (χ0n) is 18.9. The van der Waals surface area contributed by atoms with Crippen molar-refractivity contribution in [3.8, 4) is 28.5 Å². The molecule has 0 saturated carbocycles. The van der Waals surface area contributed by atoms with E-state index in [2.05, 4.69) is 6.92 Å². The number of nitrogens with zero attached hydrogens (tertiary/aromatic N) is 2. The third-order valence-electron chi connectivity index (χ3n) is 5.40. The molecule has 0 spiro atoms. The normalized spacial score (nSPS) is 13.5. The van der Waals surface area contributed by atoms with Crippen molar-refractivity contribution in [1.82, 2.24) is 4.98 Å². The minimum absolute atomic E-state index is 0.130. The highest BCUT2D eigenvalue weighted by Gasteiger charge is 2.31. The molecule has 7 nitrogen and oxygen atoms in total. The second-order valence-corrected chi connectivity index (χ2v) is 8.42. The first-order valence-electron chi connectivity index (χ1n) is 10.8. The van der Waals surface area contributed by atoms with Crippen LogP contribution in [0.2, 0.25) is 0 Å². The number of nitrogens with one attached hydrogen (secondary N) is 1. The van der Waals surface area contributed by atoms with Crippen LogP contribution in [0.25, 0.3) is 16.8 Å². The van der Waals surface area contributed by atoms with E-state index in [0.29, 0.717) is 28.7 Å². The molecule has 0 saturated heterocycles. The predicted molar refractivity (Wildman–Crippen MR) is 132 cm³/mol. The minimum atomic E-state index is 0.130. The number of ether oxygens (including phenoxy) is 3. The highest BCUT2D eigenvalue weighted by atomic mass is 32.1. The van der Waals surface area contributed by atoms with Crippen LogP contribution in [0, 0.1) is 5.41 Å². The van der Waals surface area contributed by atoms with Crippen LogP contribution in [-0.2, 0) is 0 Å². The van der Waals surface area contributed by atoms with E-state index in [9.17, 15) is 5.11 Å². The Morgan fingerprint density at radius 1 is 1.12 bits per heavy atom. The van der Waals surface area contributed by atoms with Gasteiger partial charge in [0.15, 0.2) is 11.5 Å². The van der Waals surface area contributed by atoms with Crippen LogP contribution in [0.4, 0.5) is 5.69 Å². The number of anilines is 1. The van der Waals surface area contributed by atoms with Crippen LogP contribution < -0.4 is 19.1 Å². The molecule has 0 atom stereocenters. The number of thiazole rings is 1. The van der Waals surface area contributed by atoms with E-state index in [-0.39, 0.29) is 18.1 Å². The maximum absolute atomic E-state index is 10.7. The van der Waals surface area contributed by atoms with Gasteiger partial charge in [0.25, 0.3) is 0 Å². The van der Waals surface area contributed by atoms with Gasteiger partial charge >= 0.3 is 0 Å². The fraction of sp³-hybridized carbons (Fsp3) is 0.280. The van der Waals surface area contributed by atoms with Crippen LogP contribution in [0.3, 0.4) is 0 Å². The monoisotopic (exact) mass is 465 g/mol. The zero-order chi connectivity index (χ0) is 23.4. The molecule has 1 aromatic heterocycles. The van der Waals surface area contributed by atoms with Gasteiger partial charge in [0.2, 0.25) is 0 Å². The van der Waals surface area contributed by atoms with Crippen molar-refractivity contribution in [3.63, 3.8) is 0 Å². The SMILES string of the molecule is CCCCOc1cccc(N2CC(O)=C(c3nc(-c4ccc(OC)c(OC)c4)cs3)C2=N)c1. The van der Waals surface area contributed by atoms with Crippen molar-refractivity contribution >= 4 is 28.4 Å². The van der Waals surface area contributed by atoms with Gasteiger partial charge in [-0.3, -0.25) is 5.41 Å². The van der Waals surface area contributed by atoms with Gasteiger partial charge in [-0.1, -0.05) is 19.4 Å². The topological polar surface area (TPSA) is 87.9 Å². The van der Waals surface area contributed by atoms with E-state index in [1.54, 1.807) is 19.1 Å². The van der Waals surface area contributed by atoms with E-state index < -0.39 is 0 Å². The van der Waals surface area contributed by atoms with Crippen molar-refractivity contribution in [2.24, 2.45) is 0 Å². The first-order chi connectivity index (χ1) is 16.0. The number of unbranched alkanes of at least 4 members (excludes halogenated alkanes) is 1. The van der Waals surface area contributed by atoms with Crippen molar-refractivity contribution in [3.05, 3.63) is 58.6 Å². The highest BCUT2D eigenvalue weighted by molar-refractivity contribution is 7.11. The fourth-order valence-corrected chi connectivity index (χ4v) is 4.51. The summed E-state index contributed by atoms with van der Waals surface area (Å²) in [5, 5.41) is 22.0. The van der Waals surface area contributed by atoms with Crippen molar-refractivity contribution in [2.75, 3.05) is 32.3 Å². The Balaban J connectivity index is 1.56. The smallest absolute Gasteiger partial charge is 0.161 e. The fourth-order valence-electron chi connectivity index (χ4n) is 3.62. The van der Waals surface area contributed by atoms with Gasteiger partial charge in [0, 0.05) is 22.7 Å². The predicted octanol–water partition coefficient (Wildman–Crippen LogP) is 5.77. The molecule has 2 heterocycles. The van der Waals surface area contributed by atoms with E-state index in [1.165, 1.54) is 11.3 Å². The number of hydrogen-bond donors (Lipinski definition) is 2. The minimum Gasteiger partial charge on any atom is -0.510 e. The lowest BCUT2D eigenvalue weighted by molar-refractivity contribution is 0.309. The molecule has 172 valence electrons. The largest absolute Gasteiger partial charge is 0.510 e. The Hall–Kier alpha value is -3.52. The quantitative estimate of drug-likeness (QED) is 0.390. The molecule has 0 amide bonds. The van der Waals surface area contributed by atoms with Gasteiger partial charge in [0.05, 0.1) is 38.6 Å². The number of aliphatic hydroxyl groups excluding tert-OH is 1. The van der Waals surface area contributed by atoms with Crippen LogP contribution in [0.15, 0.2) is 53.6 Å². The molecule has 2 aromatic carbocycles. The van der Waals surface area contributed by atoms with Gasteiger partial charge in [-0.15, -0.1) is 11.3 Å². The van der Waals surface area contributed by atoms with Gasteiger partial charge in [-0.2, -0.15) is 0 Å². The Morgan fingerprint density at radius 3 is 2.70 bits per heavy atom. The number of rotatable bonds is 9. The van der Waals surface area contributed by atoms with Gasteiger partial charge in [0.1, 0.15) is 22.4 Å². The molecule has 0 radical (unpaired) electrons. The van der Waals surface area contributed by atoms with Crippen molar-refractivity contribution in [2.45, 2.75) is 19.8 Å². The van der Waals surface area contributed by atoms with Crippen LogP contribution in [0.1, 0.15) is 24.8 Å². The van der Waals surface area contributed by atoms with Crippen LogP contribution in [0.5, 0.6) is 17.2 Å². The van der Waals surface area contributed by atoms with E-state index in [1.807, 2.05) is 47.8 Å². The van der Waals surface area contributed by atoms with Crippen molar-refractivity contribution in [1.29, 1.82) is 5.41 Å². The average molecular weight is 466 g/mol. The number of aromatic nitrogens is 1. The summed E-state index contributed by atoms with van der Waals surface area (Å²) in [4.78, 5) is 6.46. The summed E-state index contributed by atoms with van der Waals surface area (Å²) in [6, 6.07) is 13.2. The molecule has 1 aliphatic heterocycles. The van der Waals surface area contributed by atoms with Crippen LogP contribution >= 0.6 is 11.3 Å². The van der Waals surface area contributed by atoms with Gasteiger partial charge in [-0.05, 0) is 36.8 Å². The Labute approximate surface area is 197 Å². The molecule has 0 fully saturated rings. The lowest BCUT2D eigenvalue weighted by atomic mass is 10.1. The molecule has 0 unspecified atom stereocenters. The summed E-state index contributed by atoms with van der Waals surface area (Å²) in [6.45, 7) is 3.00. The Bertz CT molecular complexity index is 1190. The second-order valence-electron chi connectivity index (χ2n) is 7.56. The number of aliphatic hydroxyl groups is 1. The summed E-state index contributed by atoms with van der Waals surface area (Å²) < 4.78 is 16.5. The standard InChI is InChI=1S/C25H27N3O4S/c1-4-5-11-32-18-8-6-7-17(13-18)28-14-20(29)23(24(28)26)25-27-19(15-33-25)16-9-10-21(30-2)22(12-16)31-3/h6-10,12-13,15,26,29H,4-5,11,14H2,1-3H3. The number of hydrogen-bond acceptors (Lipinski definition) is 7. The molecule has 33 heavy (non-hydrogen) atoms. The first-order valence-corrected chi connectivity index (χ1v) is 11.6. The molecular weight excluding hydrogens is 438 g/mol. The molecular formula is C25H27N3O4S. The molecule has 2 N–H and O–H groups in total. The Morgan fingerprint density at radius 2 is 1.94 bits per heavy atom. The second kappa shape index (κ2) is 9.95. The average Bonchev–Trinajstić information content (AvgIpc) is 3.43. The molecule has 8 heteroatoms. The highest BCUT2D eigenvalue weighted by Crippen LogP contribution is 2.37. The lowest BCUT2D eigenvalue weighted by Crippen LogP contribution is -2.26. The molecule has 0 bridgehead atoms. The Kier molecular flexibility index (Phi) is 6.84. The number of benzene rings is 2. The molecule has 3 aromatic rings. The maximum Gasteiger partial charge on any atom is 0.161 e. The third-order valence-corrected chi connectivity index (χ3v) is 6.26. The van der Waals surface area contributed by atoms with Crippen LogP contribution in [-0.4, -0.2) is 43.3 Å². The lowest BCUT2D eigenvalue weighted by Gasteiger charge is -2.19. The third kappa shape index (κ3) is 4.66. The van der Waals surface area contributed by atoms with Gasteiger partial charge < -0.3 is 24.2 Å². The number of amidine groups is 1. The van der Waals surface area contributed by atoms with E-state index in [4.69, 9.17) is 24.6 Å². The van der Waals surface area contributed by atoms with E-state index >= 15 is 0 Å². The molecule has 4 rings (SSSR count). The summed E-state index contributed by atoms with van der Waals surface area (Å²) in [7, 11) is 3.19. The molecule has 1 aliphatic rings. The number of methoxy groups -OCH3 is 2. The maximum atomic E-state index is 10.7. The summed E-state index contributed by atoms with van der Waals surface area (Å²) in [5.41, 5.74) is 2.86. The van der Waals surface area contributed by atoms with Gasteiger partial charge in [-0.25, -0.2) is 4.98 Å². The van der Waals surface area contributed by atoms with E-state index in [0.717, 1.165) is 35.5 Å². The first kappa shape index (κ1) is 22.7. The van der Waals surface area contributed by atoms with Crippen molar-refractivity contribution < 1.29 is 19.3 Å². The zero-order valence-corrected chi connectivity index (χ0v) is 19.7. The summed E-state index contributed by atoms with van der Waals surface area (Å²) in [6.07, 6.45) is 2.05. The summed E-state index contributed by atoms with van der Waals surface area (Å²) in [5.74, 6) is 2.36.